The molecule has 8 heteroatoms. The summed E-state index contributed by atoms with van der Waals surface area (Å²) in [6.45, 7) is 3.64. The number of carbonyl (C=O) groups excluding carboxylic acids is 1. The number of Topliss-reactive ketones (excluding diaryl/α,β-unsaturated/α-hetero) is 1. The fourth-order valence-electron chi connectivity index (χ4n) is 3.74. The van der Waals surface area contributed by atoms with Gasteiger partial charge in [-0.2, -0.15) is 13.2 Å². The van der Waals surface area contributed by atoms with Crippen molar-refractivity contribution >= 4 is 17.1 Å². The summed E-state index contributed by atoms with van der Waals surface area (Å²) in [5.41, 5.74) is 2.22. The van der Waals surface area contributed by atoms with Crippen LogP contribution in [-0.4, -0.2) is 14.9 Å². The molecule has 0 atom stereocenters. The second-order valence-electron chi connectivity index (χ2n) is 7.36. The van der Waals surface area contributed by atoms with E-state index in [0.717, 1.165) is 47.7 Å². The zero-order valence-corrected chi connectivity index (χ0v) is 16.7. The molecule has 0 spiro atoms. The van der Waals surface area contributed by atoms with E-state index in [2.05, 4.69) is 4.57 Å². The normalized spacial score (nSPS) is 14.4. The largest absolute Gasteiger partial charge is 0.416 e. The van der Waals surface area contributed by atoms with Crippen molar-refractivity contribution in [2.75, 3.05) is 0 Å². The van der Waals surface area contributed by atoms with Crippen molar-refractivity contribution in [3.63, 3.8) is 0 Å². The van der Waals surface area contributed by atoms with Gasteiger partial charge in [0.15, 0.2) is 5.78 Å². The molecule has 0 saturated heterocycles. The summed E-state index contributed by atoms with van der Waals surface area (Å²) in [7, 11) is 0. The van der Waals surface area contributed by atoms with Gasteiger partial charge in [0.2, 0.25) is 0 Å². The third-order valence-electron chi connectivity index (χ3n) is 5.27. The van der Waals surface area contributed by atoms with Gasteiger partial charge >= 0.3 is 11.0 Å². The average Bonchev–Trinajstić information content (AvgIpc) is 3.36. The lowest BCUT2D eigenvalue weighted by Gasteiger charge is -2.11. The minimum atomic E-state index is -4.48. The highest BCUT2D eigenvalue weighted by Gasteiger charge is 2.31. The minimum Gasteiger partial charge on any atom is -0.345 e. The maximum atomic E-state index is 13.1. The van der Waals surface area contributed by atoms with Crippen molar-refractivity contribution in [3.8, 4) is 11.3 Å². The Bertz CT molecular complexity index is 1150. The minimum absolute atomic E-state index is 0.205. The molecule has 2 heterocycles. The number of ketones is 1. The highest BCUT2D eigenvalue weighted by atomic mass is 32.1. The second-order valence-corrected chi connectivity index (χ2v) is 8.18. The Morgan fingerprint density at radius 3 is 2.59 bits per heavy atom. The Labute approximate surface area is 169 Å². The zero-order valence-electron chi connectivity index (χ0n) is 15.9. The molecular weight excluding hydrogens is 401 g/mol. The number of aromatic nitrogens is 2. The van der Waals surface area contributed by atoms with Crippen molar-refractivity contribution in [2.45, 2.75) is 45.5 Å². The van der Waals surface area contributed by atoms with Crippen LogP contribution in [0, 0.1) is 13.8 Å². The first-order valence-corrected chi connectivity index (χ1v) is 10.1. The standard InChI is InChI=1S/C21H19F3N2O2S/c1-12-8-17(13(2)26(12)16-6-7-16)19(27)10-25-18(11-29-20(25)28)14-4-3-5-15(9-14)21(22,23)24/h3-5,8-9,11,16H,6-7,10H2,1-2H3. The predicted molar refractivity (Wildman–Crippen MR) is 106 cm³/mol. The van der Waals surface area contributed by atoms with Crippen LogP contribution < -0.4 is 4.87 Å². The molecule has 1 aliphatic carbocycles. The highest BCUT2D eigenvalue weighted by molar-refractivity contribution is 7.07. The number of hydrogen-bond acceptors (Lipinski definition) is 3. The summed E-state index contributed by atoms with van der Waals surface area (Å²) in [4.78, 5) is 24.9. The predicted octanol–water partition coefficient (Wildman–Crippen LogP) is 5.23. The molecule has 29 heavy (non-hydrogen) atoms. The highest BCUT2D eigenvalue weighted by Crippen LogP contribution is 2.38. The molecule has 0 amide bonds. The lowest BCUT2D eigenvalue weighted by molar-refractivity contribution is -0.137. The molecule has 0 radical (unpaired) electrons. The van der Waals surface area contributed by atoms with Crippen molar-refractivity contribution in [1.82, 2.24) is 9.13 Å². The molecule has 1 saturated carbocycles. The lowest BCUT2D eigenvalue weighted by atomic mass is 10.1. The zero-order chi connectivity index (χ0) is 20.9. The maximum Gasteiger partial charge on any atom is 0.416 e. The van der Waals surface area contributed by atoms with E-state index in [9.17, 15) is 22.8 Å². The van der Waals surface area contributed by atoms with E-state index in [0.29, 0.717) is 17.3 Å². The van der Waals surface area contributed by atoms with Gasteiger partial charge in [-0.1, -0.05) is 23.5 Å². The molecular formula is C21H19F3N2O2S. The Morgan fingerprint density at radius 1 is 1.21 bits per heavy atom. The van der Waals surface area contributed by atoms with E-state index < -0.39 is 11.7 Å². The van der Waals surface area contributed by atoms with Gasteiger partial charge in [-0.3, -0.25) is 14.2 Å². The number of nitrogens with zero attached hydrogens (tertiary/aromatic N) is 2. The van der Waals surface area contributed by atoms with Crippen LogP contribution in [0.4, 0.5) is 13.2 Å². The lowest BCUT2D eigenvalue weighted by Crippen LogP contribution is -2.21. The van der Waals surface area contributed by atoms with Crippen LogP contribution in [0.5, 0.6) is 0 Å². The van der Waals surface area contributed by atoms with Gasteiger partial charge in [-0.15, -0.1) is 0 Å². The van der Waals surface area contributed by atoms with E-state index in [4.69, 9.17) is 0 Å². The number of thiazole rings is 1. The van der Waals surface area contributed by atoms with E-state index in [1.54, 1.807) is 0 Å². The summed E-state index contributed by atoms with van der Waals surface area (Å²) in [6, 6.07) is 7.06. The van der Waals surface area contributed by atoms with Gasteiger partial charge in [-0.25, -0.2) is 0 Å². The van der Waals surface area contributed by atoms with Crippen LogP contribution >= 0.6 is 11.3 Å². The van der Waals surface area contributed by atoms with E-state index in [1.807, 2.05) is 19.9 Å². The van der Waals surface area contributed by atoms with Gasteiger partial charge < -0.3 is 4.57 Å². The number of rotatable bonds is 5. The summed E-state index contributed by atoms with van der Waals surface area (Å²) in [5.74, 6) is -0.223. The molecule has 0 bridgehead atoms. The Hall–Kier alpha value is -2.61. The van der Waals surface area contributed by atoms with Gasteiger partial charge in [-0.05, 0) is 50.5 Å². The summed E-state index contributed by atoms with van der Waals surface area (Å²) in [6.07, 6.45) is -2.30. The van der Waals surface area contributed by atoms with Gasteiger partial charge in [0, 0.05) is 28.4 Å². The van der Waals surface area contributed by atoms with Crippen LogP contribution in [0.3, 0.4) is 0 Å². The first kappa shape index (κ1) is 19.7. The molecule has 2 aromatic heterocycles. The molecule has 1 fully saturated rings. The van der Waals surface area contributed by atoms with E-state index >= 15 is 0 Å². The summed E-state index contributed by atoms with van der Waals surface area (Å²) >= 11 is 0.873. The van der Waals surface area contributed by atoms with Gasteiger partial charge in [0.1, 0.15) is 0 Å². The molecule has 0 N–H and O–H groups in total. The number of alkyl halides is 3. The topological polar surface area (TPSA) is 44.0 Å². The quantitative estimate of drug-likeness (QED) is 0.531. The monoisotopic (exact) mass is 420 g/mol. The van der Waals surface area contributed by atoms with Crippen molar-refractivity contribution in [1.29, 1.82) is 0 Å². The number of carbonyl (C=O) groups is 1. The molecule has 3 aromatic rings. The Balaban J connectivity index is 1.68. The number of aryl methyl sites for hydroxylation is 1. The summed E-state index contributed by atoms with van der Waals surface area (Å²) in [5, 5.41) is 1.50. The van der Waals surface area contributed by atoms with Crippen LogP contribution in [0.25, 0.3) is 11.3 Å². The van der Waals surface area contributed by atoms with Crippen LogP contribution in [0.1, 0.15) is 46.2 Å². The first-order chi connectivity index (χ1) is 13.7. The second kappa shape index (κ2) is 7.02. The molecule has 1 aromatic carbocycles. The smallest absolute Gasteiger partial charge is 0.345 e. The Morgan fingerprint density at radius 2 is 1.93 bits per heavy atom. The van der Waals surface area contributed by atoms with Crippen LogP contribution in [0.2, 0.25) is 0 Å². The van der Waals surface area contributed by atoms with E-state index in [1.165, 1.54) is 22.1 Å². The molecule has 1 aliphatic rings. The fourth-order valence-corrected chi connectivity index (χ4v) is 4.51. The van der Waals surface area contributed by atoms with E-state index in [-0.39, 0.29) is 22.8 Å². The molecule has 0 unspecified atom stereocenters. The van der Waals surface area contributed by atoms with Crippen molar-refractivity contribution in [2.24, 2.45) is 0 Å². The van der Waals surface area contributed by atoms with Gasteiger partial charge in [0.05, 0.1) is 17.8 Å². The number of benzene rings is 1. The van der Waals surface area contributed by atoms with Crippen molar-refractivity contribution in [3.05, 3.63) is 67.9 Å². The fraction of sp³-hybridized carbons (Fsp3) is 0.333. The molecule has 152 valence electrons. The molecule has 4 nitrogen and oxygen atoms in total. The SMILES string of the molecule is Cc1cc(C(=O)Cn2c(-c3cccc(C(F)(F)F)c3)csc2=O)c(C)n1C1CC1. The van der Waals surface area contributed by atoms with Crippen molar-refractivity contribution < 1.29 is 18.0 Å². The number of halogens is 3. The number of hydrogen-bond donors (Lipinski definition) is 0. The maximum absolute atomic E-state index is 13.1. The van der Waals surface area contributed by atoms with Crippen LogP contribution in [-0.2, 0) is 12.7 Å². The Kier molecular flexibility index (Phi) is 4.77. The molecule has 0 aliphatic heterocycles. The third-order valence-corrected chi connectivity index (χ3v) is 6.03. The first-order valence-electron chi connectivity index (χ1n) is 9.24. The summed E-state index contributed by atoms with van der Waals surface area (Å²) < 4.78 is 42.6. The average molecular weight is 420 g/mol. The molecule has 4 rings (SSSR count). The van der Waals surface area contributed by atoms with Crippen LogP contribution in [0.15, 0.2) is 40.5 Å². The van der Waals surface area contributed by atoms with Gasteiger partial charge in [0.25, 0.3) is 0 Å². The third kappa shape index (κ3) is 3.69.